The molecule has 0 fully saturated rings. The number of carbonyl (C=O) groups is 3. The summed E-state index contributed by atoms with van der Waals surface area (Å²) in [6, 6.07) is 0. The zero-order valence-electron chi connectivity index (χ0n) is 49.5. The highest BCUT2D eigenvalue weighted by Crippen LogP contribution is 2.11. The number of aliphatic hydroxyl groups is 9. The zero-order chi connectivity index (χ0) is 59.6. The minimum absolute atomic E-state index is 0.324. The molecule has 0 aromatic rings. The summed E-state index contributed by atoms with van der Waals surface area (Å²) in [6.07, 6.45) is 64.0. The van der Waals surface area contributed by atoms with E-state index in [4.69, 9.17) is 61.3 Å². The Morgan fingerprint density at radius 3 is 0.590 bits per heavy atom. The number of rotatable bonds is 48. The Morgan fingerprint density at radius 2 is 0.436 bits per heavy atom. The Bertz CT molecular complexity index is 1160. The van der Waals surface area contributed by atoms with E-state index in [1.54, 1.807) is 0 Å². The third-order valence-electron chi connectivity index (χ3n) is 11.3. The third kappa shape index (κ3) is 105. The number of aliphatic hydroxyl groups excluding tert-OH is 9. The molecule has 0 aliphatic carbocycles. The van der Waals surface area contributed by atoms with Gasteiger partial charge in [-0.15, -0.1) is 0 Å². The second-order valence-corrected chi connectivity index (χ2v) is 19.2. The third-order valence-corrected chi connectivity index (χ3v) is 11.3. The van der Waals surface area contributed by atoms with Crippen LogP contribution < -0.4 is 0 Å². The van der Waals surface area contributed by atoms with Crippen molar-refractivity contribution in [2.75, 3.05) is 39.6 Å². The molecule has 0 rings (SSSR count). The number of carboxylic acid groups (broad SMARTS) is 3. The highest BCUT2D eigenvalue weighted by atomic mass is 16.4. The first-order valence-electron chi connectivity index (χ1n) is 30.0. The van der Waals surface area contributed by atoms with Gasteiger partial charge in [0.05, 0.1) is 39.6 Å². The maximum absolute atomic E-state index is 10.3. The number of unbranched alkanes of at least 4 members (excludes halogenated alkanes) is 24. The van der Waals surface area contributed by atoms with Crippen molar-refractivity contribution in [2.45, 2.75) is 270 Å². The van der Waals surface area contributed by atoms with Gasteiger partial charge in [0.15, 0.2) is 0 Å². The smallest absolute Gasteiger partial charge is 0.303 e. The standard InChI is InChI=1S/3C18H32O2.3C3H8O3/c3*1-2-3-4-5-6-7-8-9-10-11-12-13-14-15-16-17-18(19)20;3*4-1-3(6)2-5/h3*6-7,9-10H,2-5,8,11-17H2,1H3,(H,19,20);3*3-6H,1-2H2/b3*7-6-,10-9-;;;. The number of carboxylic acids is 3. The predicted octanol–water partition coefficient (Wildman–Crippen LogP) is 12.6. The van der Waals surface area contributed by atoms with Gasteiger partial charge in [-0.1, -0.05) is 190 Å². The van der Waals surface area contributed by atoms with E-state index in [2.05, 4.69) is 93.7 Å². The normalized spacial score (nSPS) is 11.3. The van der Waals surface area contributed by atoms with Crippen LogP contribution in [-0.4, -0.2) is 137 Å². The first kappa shape index (κ1) is 85.8. The van der Waals surface area contributed by atoms with Crippen LogP contribution in [0.1, 0.15) is 252 Å². The van der Waals surface area contributed by atoms with Crippen LogP contribution in [0.2, 0.25) is 0 Å². The van der Waals surface area contributed by atoms with Crippen LogP contribution in [0.5, 0.6) is 0 Å². The molecule has 0 aromatic carbocycles. The predicted molar refractivity (Wildman–Crippen MR) is 322 cm³/mol. The molecular formula is C63H120O15. The van der Waals surface area contributed by atoms with E-state index >= 15 is 0 Å². The van der Waals surface area contributed by atoms with Gasteiger partial charge in [0.1, 0.15) is 18.3 Å². The quantitative estimate of drug-likeness (QED) is 0.0199. The van der Waals surface area contributed by atoms with Gasteiger partial charge < -0.3 is 61.3 Å². The number of hydrogen-bond donors (Lipinski definition) is 12. The first-order chi connectivity index (χ1) is 37.7. The molecule has 0 aliphatic heterocycles. The van der Waals surface area contributed by atoms with E-state index in [-0.39, 0.29) is 39.6 Å². The Balaban J connectivity index is -0.000000214. The molecule has 0 atom stereocenters. The molecule has 0 aliphatic rings. The van der Waals surface area contributed by atoms with Crippen molar-refractivity contribution < 1.29 is 75.7 Å². The van der Waals surface area contributed by atoms with Crippen LogP contribution in [0.25, 0.3) is 0 Å². The summed E-state index contributed by atoms with van der Waals surface area (Å²) in [5, 5.41) is 97.6. The van der Waals surface area contributed by atoms with Crippen molar-refractivity contribution in [1.82, 2.24) is 0 Å². The molecule has 462 valence electrons. The number of aliphatic carboxylic acids is 3. The number of hydrogen-bond acceptors (Lipinski definition) is 12. The van der Waals surface area contributed by atoms with Crippen LogP contribution in [-0.2, 0) is 14.4 Å². The summed E-state index contributed by atoms with van der Waals surface area (Å²) in [5.74, 6) is -2.01. The monoisotopic (exact) mass is 1120 g/mol. The van der Waals surface area contributed by atoms with Crippen LogP contribution in [0, 0.1) is 0 Å². The van der Waals surface area contributed by atoms with Gasteiger partial charge in [0.25, 0.3) is 0 Å². The van der Waals surface area contributed by atoms with Crippen LogP contribution in [0.15, 0.2) is 72.9 Å². The van der Waals surface area contributed by atoms with Gasteiger partial charge in [-0.3, -0.25) is 14.4 Å². The molecule has 0 spiro atoms. The molecule has 0 saturated heterocycles. The van der Waals surface area contributed by atoms with E-state index in [1.165, 1.54) is 135 Å². The molecule has 15 heteroatoms. The lowest BCUT2D eigenvalue weighted by atomic mass is 10.1. The molecule has 0 bridgehead atoms. The molecule has 0 radical (unpaired) electrons. The maximum Gasteiger partial charge on any atom is 0.303 e. The van der Waals surface area contributed by atoms with Gasteiger partial charge in [-0.05, 0) is 116 Å². The molecule has 0 heterocycles. The molecule has 78 heavy (non-hydrogen) atoms. The van der Waals surface area contributed by atoms with E-state index in [9.17, 15) is 14.4 Å². The molecular weight excluding hydrogens is 997 g/mol. The van der Waals surface area contributed by atoms with Crippen molar-refractivity contribution in [3.05, 3.63) is 72.9 Å². The SMILES string of the molecule is CCCCC/C=C\C/C=C\CCCCCCCC(=O)O.CCCCC/C=C\C/C=C\CCCCCCCC(=O)O.CCCCC/C=C\C/C=C\CCCCCCCC(=O)O.OCC(O)CO.OCC(O)CO.OCC(O)CO. The zero-order valence-corrected chi connectivity index (χ0v) is 49.5. The second kappa shape index (κ2) is 82.3. The van der Waals surface area contributed by atoms with E-state index in [0.29, 0.717) is 19.3 Å². The Labute approximate surface area is 474 Å². The van der Waals surface area contributed by atoms with Crippen molar-refractivity contribution >= 4 is 17.9 Å². The average molecular weight is 1120 g/mol. The van der Waals surface area contributed by atoms with Crippen molar-refractivity contribution in [3.63, 3.8) is 0 Å². The molecule has 15 nitrogen and oxygen atoms in total. The topological polar surface area (TPSA) is 294 Å². The van der Waals surface area contributed by atoms with Crippen molar-refractivity contribution in [1.29, 1.82) is 0 Å². The van der Waals surface area contributed by atoms with Crippen LogP contribution in [0.4, 0.5) is 0 Å². The fourth-order valence-electron chi connectivity index (χ4n) is 6.44. The van der Waals surface area contributed by atoms with Crippen LogP contribution >= 0.6 is 0 Å². The highest BCUT2D eigenvalue weighted by molar-refractivity contribution is 5.67. The lowest BCUT2D eigenvalue weighted by Gasteiger charge is -1.98. The van der Waals surface area contributed by atoms with Crippen molar-refractivity contribution in [2.24, 2.45) is 0 Å². The summed E-state index contributed by atoms with van der Waals surface area (Å²) < 4.78 is 0. The minimum atomic E-state index is -0.954. The number of allylic oxidation sites excluding steroid dienone is 12. The molecule has 12 N–H and O–H groups in total. The van der Waals surface area contributed by atoms with Gasteiger partial charge in [0.2, 0.25) is 0 Å². The molecule has 0 saturated carbocycles. The molecule has 0 amide bonds. The Morgan fingerprint density at radius 1 is 0.269 bits per heavy atom. The summed E-state index contributed by atoms with van der Waals surface area (Å²) in [7, 11) is 0. The van der Waals surface area contributed by atoms with E-state index in [0.717, 1.165) is 77.0 Å². The first-order valence-corrected chi connectivity index (χ1v) is 30.0. The van der Waals surface area contributed by atoms with Gasteiger partial charge in [-0.2, -0.15) is 0 Å². The maximum atomic E-state index is 10.3. The Hall–Kier alpha value is -3.51. The summed E-state index contributed by atoms with van der Waals surface area (Å²) >= 11 is 0. The van der Waals surface area contributed by atoms with E-state index < -0.39 is 36.2 Å². The average Bonchev–Trinajstić information content (AvgIpc) is 3.43. The fourth-order valence-corrected chi connectivity index (χ4v) is 6.44. The summed E-state index contributed by atoms with van der Waals surface area (Å²) in [6.45, 7) is 4.52. The highest BCUT2D eigenvalue weighted by Gasteiger charge is 1.99. The van der Waals surface area contributed by atoms with Gasteiger partial charge >= 0.3 is 17.9 Å². The van der Waals surface area contributed by atoms with E-state index in [1.807, 2.05) is 0 Å². The second-order valence-electron chi connectivity index (χ2n) is 19.2. The molecule has 0 unspecified atom stereocenters. The largest absolute Gasteiger partial charge is 0.481 e. The van der Waals surface area contributed by atoms with Crippen LogP contribution in [0.3, 0.4) is 0 Å². The van der Waals surface area contributed by atoms with Crippen molar-refractivity contribution in [3.8, 4) is 0 Å². The molecule has 0 aromatic heterocycles. The fraction of sp³-hybridized carbons (Fsp3) is 0.762. The van der Waals surface area contributed by atoms with Gasteiger partial charge in [0, 0.05) is 19.3 Å². The summed E-state index contributed by atoms with van der Waals surface area (Å²) in [5.41, 5.74) is 0. The minimum Gasteiger partial charge on any atom is -0.481 e. The lowest BCUT2D eigenvalue weighted by molar-refractivity contribution is -0.138. The van der Waals surface area contributed by atoms with Gasteiger partial charge in [-0.25, -0.2) is 0 Å². The summed E-state index contributed by atoms with van der Waals surface area (Å²) in [4.78, 5) is 31.0. The lowest BCUT2D eigenvalue weighted by Crippen LogP contribution is -2.15. The Kier molecular flexibility index (Phi) is 90.5.